The summed E-state index contributed by atoms with van der Waals surface area (Å²) in [5.74, 6) is 0. The molecule has 3 nitrogen and oxygen atoms in total. The molecule has 0 aliphatic heterocycles. The van der Waals surface area contributed by atoms with E-state index in [0.717, 1.165) is 18.4 Å². The molecule has 68 valence electrons. The Hall–Kier alpha value is -1.38. The van der Waals surface area contributed by atoms with E-state index in [1.807, 2.05) is 6.07 Å². The molecule has 1 aromatic carbocycles. The van der Waals surface area contributed by atoms with Crippen molar-refractivity contribution in [1.82, 2.24) is 0 Å². The molecule has 0 saturated carbocycles. The second-order valence-corrected chi connectivity index (χ2v) is 2.82. The molecule has 0 heterocycles. The van der Waals surface area contributed by atoms with Crippen LogP contribution in [0, 0.1) is 17.0 Å². The zero-order valence-corrected chi connectivity index (χ0v) is 7.27. The molecule has 0 fully saturated rings. The Morgan fingerprint density at radius 2 is 2.23 bits per heavy atom. The van der Waals surface area contributed by atoms with E-state index < -0.39 is 0 Å². The first-order chi connectivity index (χ1) is 6.24. The van der Waals surface area contributed by atoms with E-state index in [0.29, 0.717) is 6.42 Å². The third-order valence-electron chi connectivity index (χ3n) is 1.79. The number of hydrogen-bond acceptors (Lipinski definition) is 2. The summed E-state index contributed by atoms with van der Waals surface area (Å²) in [5.41, 5.74) is 1.12. The van der Waals surface area contributed by atoms with E-state index in [-0.39, 0.29) is 10.6 Å². The van der Waals surface area contributed by atoms with Gasteiger partial charge in [-0.25, -0.2) is 0 Å². The van der Waals surface area contributed by atoms with Gasteiger partial charge >= 0.3 is 0 Å². The minimum atomic E-state index is -0.383. The molecule has 0 N–H and O–H groups in total. The molecule has 0 amide bonds. The van der Waals surface area contributed by atoms with Crippen LogP contribution in [0.4, 0.5) is 5.69 Å². The van der Waals surface area contributed by atoms with Crippen LogP contribution in [0.2, 0.25) is 0 Å². The molecule has 1 aromatic rings. The SMILES string of the molecule is [CH]CCCc1cccc([N+](=O)[O-])c1. The molecule has 0 unspecified atom stereocenters. The van der Waals surface area contributed by atoms with E-state index >= 15 is 0 Å². The maximum atomic E-state index is 10.4. The molecule has 13 heavy (non-hydrogen) atoms. The first kappa shape index (κ1) is 9.71. The second-order valence-electron chi connectivity index (χ2n) is 2.82. The number of non-ortho nitro benzene ring substituents is 1. The second kappa shape index (κ2) is 4.60. The molecule has 3 heteroatoms. The summed E-state index contributed by atoms with van der Waals surface area (Å²) >= 11 is 0. The van der Waals surface area contributed by atoms with Gasteiger partial charge < -0.3 is 0 Å². The molecule has 0 aliphatic carbocycles. The van der Waals surface area contributed by atoms with Crippen molar-refractivity contribution in [2.45, 2.75) is 19.3 Å². The molecule has 1 rings (SSSR count). The molecule has 2 radical (unpaired) electrons. The summed E-state index contributed by atoms with van der Waals surface area (Å²) < 4.78 is 0. The van der Waals surface area contributed by atoms with Gasteiger partial charge in [0.2, 0.25) is 0 Å². The smallest absolute Gasteiger partial charge is 0.258 e. The first-order valence-electron chi connectivity index (χ1n) is 4.17. The standard InChI is InChI=1S/C10H11NO2/c1-2-3-5-9-6-4-7-10(8-9)11(12)13/h1,4,6-8H,2-3,5H2. The first-order valence-corrected chi connectivity index (χ1v) is 4.17. The van der Waals surface area contributed by atoms with Crippen molar-refractivity contribution >= 4 is 5.69 Å². The van der Waals surface area contributed by atoms with Gasteiger partial charge in [0, 0.05) is 12.1 Å². The van der Waals surface area contributed by atoms with E-state index in [4.69, 9.17) is 6.92 Å². The van der Waals surface area contributed by atoms with Gasteiger partial charge in [-0.2, -0.15) is 0 Å². The number of aryl methyl sites for hydroxylation is 1. The van der Waals surface area contributed by atoms with Gasteiger partial charge in [0.25, 0.3) is 5.69 Å². The normalized spacial score (nSPS) is 9.92. The largest absolute Gasteiger partial charge is 0.269 e. The lowest BCUT2D eigenvalue weighted by atomic mass is 10.1. The Kier molecular flexibility index (Phi) is 3.43. The maximum absolute atomic E-state index is 10.4. The number of nitro benzene ring substituents is 1. The van der Waals surface area contributed by atoms with Crippen molar-refractivity contribution in [3.63, 3.8) is 0 Å². The highest BCUT2D eigenvalue weighted by atomic mass is 16.6. The van der Waals surface area contributed by atoms with Crippen molar-refractivity contribution in [3.05, 3.63) is 46.9 Å². The third kappa shape index (κ3) is 2.86. The summed E-state index contributed by atoms with van der Waals surface area (Å²) in [6.45, 7) is 5.34. The fraction of sp³-hybridized carbons (Fsp3) is 0.300. The van der Waals surface area contributed by atoms with E-state index in [1.54, 1.807) is 12.1 Å². The van der Waals surface area contributed by atoms with E-state index in [1.165, 1.54) is 6.07 Å². The van der Waals surface area contributed by atoms with Gasteiger partial charge in [-0.15, -0.1) is 0 Å². The molecule has 0 saturated heterocycles. The Morgan fingerprint density at radius 3 is 2.85 bits per heavy atom. The molecule has 0 spiro atoms. The Morgan fingerprint density at radius 1 is 1.46 bits per heavy atom. The van der Waals surface area contributed by atoms with E-state index in [2.05, 4.69) is 0 Å². The highest BCUT2D eigenvalue weighted by Gasteiger charge is 2.04. The lowest BCUT2D eigenvalue weighted by Crippen LogP contribution is -1.90. The van der Waals surface area contributed by atoms with Gasteiger partial charge in [-0.1, -0.05) is 12.1 Å². The van der Waals surface area contributed by atoms with Gasteiger partial charge in [-0.05, 0) is 31.7 Å². The average Bonchev–Trinajstić information content (AvgIpc) is 2.15. The number of nitro groups is 1. The van der Waals surface area contributed by atoms with Crippen LogP contribution in [-0.4, -0.2) is 4.92 Å². The van der Waals surface area contributed by atoms with Crippen LogP contribution in [-0.2, 0) is 6.42 Å². The molecule has 0 aliphatic rings. The highest BCUT2D eigenvalue weighted by Crippen LogP contribution is 2.14. The zero-order chi connectivity index (χ0) is 9.68. The number of rotatable bonds is 4. The summed E-state index contributed by atoms with van der Waals surface area (Å²) in [6, 6.07) is 6.66. The molecular formula is C10H11NO2. The van der Waals surface area contributed by atoms with Crippen molar-refractivity contribution in [3.8, 4) is 0 Å². The topological polar surface area (TPSA) is 43.1 Å². The number of benzene rings is 1. The Bertz CT molecular complexity index is 297. The number of nitrogens with zero attached hydrogens (tertiary/aromatic N) is 1. The molecule has 0 aromatic heterocycles. The summed E-state index contributed by atoms with van der Waals surface area (Å²) in [5, 5.41) is 10.4. The Labute approximate surface area is 77.5 Å². The minimum absolute atomic E-state index is 0.148. The lowest BCUT2D eigenvalue weighted by Gasteiger charge is -1.98. The van der Waals surface area contributed by atoms with Crippen molar-refractivity contribution in [2.24, 2.45) is 0 Å². The van der Waals surface area contributed by atoms with E-state index in [9.17, 15) is 10.1 Å². The van der Waals surface area contributed by atoms with Gasteiger partial charge in [-0.3, -0.25) is 10.1 Å². The van der Waals surface area contributed by atoms with Crippen LogP contribution in [0.5, 0.6) is 0 Å². The van der Waals surface area contributed by atoms with Gasteiger partial charge in [0.05, 0.1) is 4.92 Å². The summed E-state index contributed by atoms with van der Waals surface area (Å²) in [7, 11) is 0. The lowest BCUT2D eigenvalue weighted by molar-refractivity contribution is -0.384. The Balaban J connectivity index is 2.73. The number of hydrogen-bond donors (Lipinski definition) is 0. The molecular weight excluding hydrogens is 166 g/mol. The fourth-order valence-electron chi connectivity index (χ4n) is 1.13. The number of unbranched alkanes of at least 4 members (excludes halogenated alkanes) is 1. The van der Waals surface area contributed by atoms with Crippen LogP contribution in [0.3, 0.4) is 0 Å². The predicted octanol–water partition coefficient (Wildman–Crippen LogP) is 2.63. The van der Waals surface area contributed by atoms with Crippen LogP contribution >= 0.6 is 0 Å². The van der Waals surface area contributed by atoms with Crippen molar-refractivity contribution < 1.29 is 4.92 Å². The summed E-state index contributed by atoms with van der Waals surface area (Å²) in [6.07, 6.45) is 2.28. The zero-order valence-electron chi connectivity index (χ0n) is 7.27. The van der Waals surface area contributed by atoms with Crippen LogP contribution in [0.1, 0.15) is 18.4 Å². The van der Waals surface area contributed by atoms with Crippen LogP contribution < -0.4 is 0 Å². The minimum Gasteiger partial charge on any atom is -0.258 e. The predicted molar refractivity (Wildman–Crippen MR) is 50.3 cm³/mol. The maximum Gasteiger partial charge on any atom is 0.269 e. The third-order valence-corrected chi connectivity index (χ3v) is 1.79. The highest BCUT2D eigenvalue weighted by molar-refractivity contribution is 5.34. The molecule has 0 bridgehead atoms. The van der Waals surface area contributed by atoms with Crippen LogP contribution in [0.15, 0.2) is 24.3 Å². The van der Waals surface area contributed by atoms with Gasteiger partial charge in [0.15, 0.2) is 0 Å². The quantitative estimate of drug-likeness (QED) is 0.524. The average molecular weight is 177 g/mol. The summed E-state index contributed by atoms with van der Waals surface area (Å²) in [4.78, 5) is 10.0. The fourth-order valence-corrected chi connectivity index (χ4v) is 1.13. The van der Waals surface area contributed by atoms with Crippen molar-refractivity contribution in [1.29, 1.82) is 0 Å². The monoisotopic (exact) mass is 177 g/mol. The van der Waals surface area contributed by atoms with Crippen LogP contribution in [0.25, 0.3) is 0 Å². The van der Waals surface area contributed by atoms with Gasteiger partial charge in [0.1, 0.15) is 0 Å². The van der Waals surface area contributed by atoms with Crippen molar-refractivity contribution in [2.75, 3.05) is 0 Å². The molecule has 0 atom stereocenters.